The van der Waals surface area contributed by atoms with Gasteiger partial charge in [0.05, 0.1) is 16.1 Å². The van der Waals surface area contributed by atoms with E-state index in [0.717, 1.165) is 5.56 Å². The first-order valence-electron chi connectivity index (χ1n) is 8.69. The van der Waals surface area contributed by atoms with Gasteiger partial charge in [0.15, 0.2) is 0 Å². The van der Waals surface area contributed by atoms with Crippen LogP contribution in [0.4, 0.5) is 0 Å². The molecule has 0 N–H and O–H groups in total. The summed E-state index contributed by atoms with van der Waals surface area (Å²) in [5, 5.41) is 9.60. The standard InChI is InChI=1S/C18H28Cl2N4O2S/c1-14(2)18(22(3)4)13-24(27(25,26)23(5)10-6-9-21)12-15-7-8-16(19)17(20)11-15/h7-8,11,14,18H,6,10,12-13H2,1-5H3/t18-/m0/s1. The number of halogens is 2. The lowest BCUT2D eigenvalue weighted by molar-refractivity contribution is 0.186. The predicted molar refractivity (Wildman–Crippen MR) is 111 cm³/mol. The van der Waals surface area contributed by atoms with E-state index in [4.69, 9.17) is 28.5 Å². The monoisotopic (exact) mass is 434 g/mol. The summed E-state index contributed by atoms with van der Waals surface area (Å²) < 4.78 is 28.9. The lowest BCUT2D eigenvalue weighted by Crippen LogP contribution is -2.49. The zero-order chi connectivity index (χ0) is 20.8. The minimum atomic E-state index is -3.74. The topological polar surface area (TPSA) is 67.6 Å². The molecule has 6 nitrogen and oxygen atoms in total. The number of hydrogen-bond donors (Lipinski definition) is 0. The molecule has 27 heavy (non-hydrogen) atoms. The SMILES string of the molecule is CC(C)[C@H](CN(Cc1ccc(Cl)c(Cl)c1)S(=O)(=O)N(C)CCC#N)N(C)C. The van der Waals surface area contributed by atoms with Crippen molar-refractivity contribution >= 4 is 33.4 Å². The molecule has 0 radical (unpaired) electrons. The van der Waals surface area contributed by atoms with Crippen molar-refractivity contribution < 1.29 is 8.42 Å². The average molecular weight is 435 g/mol. The van der Waals surface area contributed by atoms with Crippen molar-refractivity contribution in [2.45, 2.75) is 32.9 Å². The fourth-order valence-corrected chi connectivity index (χ4v) is 4.47. The van der Waals surface area contributed by atoms with E-state index in [1.165, 1.54) is 15.7 Å². The third-order valence-electron chi connectivity index (χ3n) is 4.43. The van der Waals surface area contributed by atoms with Crippen LogP contribution < -0.4 is 0 Å². The highest BCUT2D eigenvalue weighted by Crippen LogP contribution is 2.25. The van der Waals surface area contributed by atoms with Crippen molar-refractivity contribution in [2.24, 2.45) is 5.92 Å². The molecule has 1 aromatic rings. The van der Waals surface area contributed by atoms with Crippen LogP contribution in [-0.4, -0.2) is 62.2 Å². The highest BCUT2D eigenvalue weighted by molar-refractivity contribution is 7.86. The van der Waals surface area contributed by atoms with E-state index in [1.54, 1.807) is 18.2 Å². The summed E-state index contributed by atoms with van der Waals surface area (Å²) >= 11 is 12.1. The van der Waals surface area contributed by atoms with Crippen LogP contribution in [0.2, 0.25) is 10.0 Å². The highest BCUT2D eigenvalue weighted by Gasteiger charge is 2.31. The van der Waals surface area contributed by atoms with Gasteiger partial charge in [0.1, 0.15) is 0 Å². The van der Waals surface area contributed by atoms with E-state index in [-0.39, 0.29) is 31.5 Å². The molecule has 1 rings (SSSR count). The summed E-state index contributed by atoms with van der Waals surface area (Å²) in [5.74, 6) is 0.260. The van der Waals surface area contributed by atoms with Crippen molar-refractivity contribution in [1.82, 2.24) is 13.5 Å². The van der Waals surface area contributed by atoms with Gasteiger partial charge in [0.25, 0.3) is 10.2 Å². The molecular formula is C18H28Cl2N4O2S. The Kier molecular flexibility index (Phi) is 9.49. The van der Waals surface area contributed by atoms with Gasteiger partial charge in [-0.3, -0.25) is 0 Å². The maximum Gasteiger partial charge on any atom is 0.282 e. The van der Waals surface area contributed by atoms with Gasteiger partial charge in [-0.2, -0.15) is 22.3 Å². The van der Waals surface area contributed by atoms with Gasteiger partial charge in [-0.1, -0.05) is 43.1 Å². The minimum absolute atomic E-state index is 0.0342. The lowest BCUT2D eigenvalue weighted by Gasteiger charge is -2.35. The summed E-state index contributed by atoms with van der Waals surface area (Å²) in [4.78, 5) is 2.03. The first kappa shape index (κ1) is 24.2. The molecule has 1 atom stereocenters. The molecule has 0 unspecified atom stereocenters. The molecule has 0 fully saturated rings. The molecule has 1 aromatic carbocycles. The molecule has 0 aliphatic carbocycles. The van der Waals surface area contributed by atoms with Gasteiger partial charge in [0, 0.05) is 39.1 Å². The van der Waals surface area contributed by atoms with Gasteiger partial charge in [-0.25, -0.2) is 0 Å². The van der Waals surface area contributed by atoms with Crippen LogP contribution in [-0.2, 0) is 16.8 Å². The van der Waals surface area contributed by atoms with Crippen LogP contribution in [0.25, 0.3) is 0 Å². The van der Waals surface area contributed by atoms with E-state index < -0.39 is 10.2 Å². The van der Waals surface area contributed by atoms with E-state index in [2.05, 4.69) is 13.8 Å². The van der Waals surface area contributed by atoms with E-state index in [9.17, 15) is 8.42 Å². The van der Waals surface area contributed by atoms with E-state index in [1.807, 2.05) is 25.1 Å². The summed E-state index contributed by atoms with van der Waals surface area (Å²) in [6.07, 6.45) is 0.137. The number of hydrogen-bond acceptors (Lipinski definition) is 4. The summed E-state index contributed by atoms with van der Waals surface area (Å²) in [6.45, 7) is 4.77. The van der Waals surface area contributed by atoms with Crippen molar-refractivity contribution in [1.29, 1.82) is 5.26 Å². The molecule has 152 valence electrons. The summed E-state index contributed by atoms with van der Waals surface area (Å²) in [6, 6.07) is 7.13. The van der Waals surface area contributed by atoms with Crippen LogP contribution in [0.3, 0.4) is 0 Å². The van der Waals surface area contributed by atoms with Crippen LogP contribution in [0, 0.1) is 17.2 Å². The van der Waals surface area contributed by atoms with Gasteiger partial charge in [0.2, 0.25) is 0 Å². The average Bonchev–Trinajstić information content (AvgIpc) is 2.58. The van der Waals surface area contributed by atoms with Crippen LogP contribution in [0.5, 0.6) is 0 Å². The van der Waals surface area contributed by atoms with E-state index >= 15 is 0 Å². The van der Waals surface area contributed by atoms with Gasteiger partial charge < -0.3 is 4.90 Å². The van der Waals surface area contributed by atoms with Gasteiger partial charge >= 0.3 is 0 Å². The van der Waals surface area contributed by atoms with Crippen LogP contribution >= 0.6 is 23.2 Å². The largest absolute Gasteiger partial charge is 0.305 e. The van der Waals surface area contributed by atoms with Gasteiger partial charge in [-0.05, 0) is 37.7 Å². The fourth-order valence-electron chi connectivity index (χ4n) is 2.78. The number of benzene rings is 1. The zero-order valence-corrected chi connectivity index (χ0v) is 18.8. The Bertz CT molecular complexity index is 755. The lowest BCUT2D eigenvalue weighted by atomic mass is 10.0. The zero-order valence-electron chi connectivity index (χ0n) is 16.5. The maximum absolute atomic E-state index is 13.1. The third kappa shape index (κ3) is 6.90. The first-order valence-corrected chi connectivity index (χ1v) is 10.8. The smallest absolute Gasteiger partial charge is 0.282 e. The predicted octanol–water partition coefficient (Wildman–Crippen LogP) is 3.47. The molecule has 0 heterocycles. The second-order valence-corrected chi connectivity index (χ2v) is 9.90. The number of nitriles is 1. The molecule has 0 bridgehead atoms. The normalized spacial score (nSPS) is 13.6. The Labute approximate surface area is 173 Å². The molecule has 0 amide bonds. The van der Waals surface area contributed by atoms with E-state index in [0.29, 0.717) is 16.6 Å². The first-order chi connectivity index (χ1) is 12.5. The molecule has 0 saturated carbocycles. The molecule has 0 aliphatic rings. The number of rotatable bonds is 10. The Morgan fingerprint density at radius 3 is 2.26 bits per heavy atom. The number of likely N-dealkylation sites (N-methyl/N-ethyl adjacent to an activating group) is 1. The Morgan fingerprint density at radius 1 is 1.15 bits per heavy atom. The Hall–Kier alpha value is -0.880. The number of nitrogens with zero attached hydrogens (tertiary/aromatic N) is 4. The van der Waals surface area contributed by atoms with Crippen LogP contribution in [0.15, 0.2) is 18.2 Å². The Balaban J connectivity index is 3.21. The molecule has 9 heteroatoms. The molecule has 0 saturated heterocycles. The summed E-state index contributed by atoms with van der Waals surface area (Å²) in [5.41, 5.74) is 0.753. The van der Waals surface area contributed by atoms with Crippen LogP contribution in [0.1, 0.15) is 25.8 Å². The Morgan fingerprint density at radius 2 is 1.78 bits per heavy atom. The third-order valence-corrected chi connectivity index (χ3v) is 7.07. The van der Waals surface area contributed by atoms with Gasteiger partial charge in [-0.15, -0.1) is 0 Å². The molecule has 0 aromatic heterocycles. The molecular weight excluding hydrogens is 407 g/mol. The minimum Gasteiger partial charge on any atom is -0.305 e. The second kappa shape index (κ2) is 10.6. The molecule has 0 spiro atoms. The second-order valence-electron chi connectivity index (χ2n) is 7.05. The van der Waals surface area contributed by atoms with Crippen molar-refractivity contribution in [2.75, 3.05) is 34.2 Å². The quantitative estimate of drug-likeness (QED) is 0.565. The fraction of sp³-hybridized carbons (Fsp3) is 0.611. The highest BCUT2D eigenvalue weighted by atomic mass is 35.5. The maximum atomic E-state index is 13.1. The molecule has 0 aliphatic heterocycles. The summed E-state index contributed by atoms with van der Waals surface area (Å²) in [7, 11) is 1.63. The van der Waals surface area contributed by atoms with Crippen molar-refractivity contribution in [3.8, 4) is 6.07 Å². The van der Waals surface area contributed by atoms with Crippen molar-refractivity contribution in [3.05, 3.63) is 33.8 Å². The van der Waals surface area contributed by atoms with Crippen molar-refractivity contribution in [3.63, 3.8) is 0 Å².